The van der Waals surface area contributed by atoms with Gasteiger partial charge in [-0.25, -0.2) is 38.1 Å². The first-order valence-electron chi connectivity index (χ1n) is 17.0. The molecule has 54 heavy (non-hydrogen) atoms. The molecule has 4 aromatic heterocycles. The van der Waals surface area contributed by atoms with Crippen molar-refractivity contribution in [3.05, 3.63) is 12.7 Å². The highest BCUT2D eigenvalue weighted by atomic mass is 31.2. The maximum Gasteiger partial charge on any atom is 0.406 e. The monoisotopic (exact) mass is 802 g/mol. The Kier molecular flexibility index (Phi) is 9.31. The van der Waals surface area contributed by atoms with Crippen molar-refractivity contribution in [1.29, 1.82) is 0 Å². The van der Waals surface area contributed by atoms with Crippen molar-refractivity contribution in [2.24, 2.45) is 0 Å². The minimum atomic E-state index is -4.13. The van der Waals surface area contributed by atoms with Gasteiger partial charge in [-0.3, -0.25) is 27.2 Å². The van der Waals surface area contributed by atoms with Crippen LogP contribution in [-0.4, -0.2) is 114 Å². The Morgan fingerprint density at radius 1 is 0.778 bits per heavy atom. The number of nitrogens with two attached hydrogens (primary N) is 2. The number of imidazole rings is 2. The van der Waals surface area contributed by atoms with E-state index >= 15 is 8.78 Å². The molecule has 10 atom stereocenters. The molecule has 26 heteroatoms. The largest absolute Gasteiger partial charge is 0.476 e. The number of ether oxygens (including phenoxy) is 4. The van der Waals surface area contributed by atoms with Crippen LogP contribution in [0.25, 0.3) is 22.3 Å². The lowest BCUT2D eigenvalue weighted by Crippen LogP contribution is -2.47. The van der Waals surface area contributed by atoms with Crippen molar-refractivity contribution in [2.45, 2.75) is 75.9 Å². The summed E-state index contributed by atoms with van der Waals surface area (Å²) in [6.45, 7) is 5.65. The van der Waals surface area contributed by atoms with Crippen molar-refractivity contribution < 1.29 is 55.0 Å². The van der Waals surface area contributed by atoms with Crippen LogP contribution in [0.1, 0.15) is 40.2 Å². The van der Waals surface area contributed by atoms with Gasteiger partial charge in [-0.1, -0.05) is 0 Å². The first-order chi connectivity index (χ1) is 25.7. The minimum Gasteiger partial charge on any atom is -0.476 e. The lowest BCUT2D eigenvalue weighted by atomic mass is 9.98. The number of nitrogens with zero attached hydrogens (tertiary/aromatic N) is 8. The fraction of sp³-hybridized carbons (Fsp3) is 0.643. The van der Waals surface area contributed by atoms with Crippen molar-refractivity contribution in [1.82, 2.24) is 49.2 Å². The Balaban J connectivity index is 0.897. The van der Waals surface area contributed by atoms with Crippen LogP contribution < -0.4 is 31.1 Å². The summed E-state index contributed by atoms with van der Waals surface area (Å²) in [5, 5.41) is 5.23. The molecule has 0 aromatic carbocycles. The average Bonchev–Trinajstić information content (AvgIpc) is 3.85. The van der Waals surface area contributed by atoms with Crippen molar-refractivity contribution in [3.63, 3.8) is 0 Å². The Bertz CT molecular complexity index is 2030. The summed E-state index contributed by atoms with van der Waals surface area (Å²) in [6, 6.07) is 0. The maximum absolute atomic E-state index is 16.6. The molecule has 0 amide bonds. The van der Waals surface area contributed by atoms with Gasteiger partial charge in [0.15, 0.2) is 46.1 Å². The summed E-state index contributed by atoms with van der Waals surface area (Å²) >= 11 is 0. The topological polar surface area (TPSA) is 271 Å². The molecule has 4 fully saturated rings. The van der Waals surface area contributed by atoms with Crippen LogP contribution in [0, 0.1) is 0 Å². The molecule has 0 bridgehead atoms. The predicted octanol–water partition coefficient (Wildman–Crippen LogP) is 2.11. The Hall–Kier alpha value is -3.70. The van der Waals surface area contributed by atoms with Gasteiger partial charge in [-0.2, -0.15) is 19.9 Å². The molecule has 22 nitrogen and oxygen atoms in total. The number of alkyl halides is 2. The minimum absolute atomic E-state index is 0.113. The van der Waals surface area contributed by atoms with E-state index in [1.165, 1.54) is 35.6 Å². The zero-order chi connectivity index (χ0) is 38.2. The van der Waals surface area contributed by atoms with Crippen LogP contribution in [0.3, 0.4) is 0 Å². The highest BCUT2D eigenvalue weighted by molar-refractivity contribution is 7.52. The summed E-state index contributed by atoms with van der Waals surface area (Å²) in [5.41, 5.74) is 8.03. The second-order valence-corrected chi connectivity index (χ2v) is 16.7. The SMILES string of the molecule is CCOc1nc(N)nc2c1ncn2[C@@H]1O[C@@H]2COP(=O)(NCCNP3(=O)OC[C@H]4O[C@@H](n5cnc6c(OCC)nc(N)nc65)[C@](C)(F)[C@@H]4O3)O[C@H]2[C@@]1(C)F. The number of rotatable bonds is 11. The van der Waals surface area contributed by atoms with E-state index in [0.717, 1.165) is 0 Å². The van der Waals surface area contributed by atoms with Crippen molar-refractivity contribution in [2.75, 3.05) is 51.0 Å². The molecular weight excluding hydrogens is 764 g/mol. The fourth-order valence-corrected chi connectivity index (χ4v) is 10.1. The summed E-state index contributed by atoms with van der Waals surface area (Å²) in [4.78, 5) is 25.0. The fourth-order valence-electron chi connectivity index (χ4n) is 6.90. The van der Waals surface area contributed by atoms with Crippen LogP contribution in [0.15, 0.2) is 12.7 Å². The standard InChI is InChI=1S/C28H38F2N12O10P2/c1-5-45-21-15-19(37-25(31)39-21)41(11-33-15)23-27(3,29)17-13(49-23)9-47-53(43,51-17)35-7-8-36-54(44)48-10-14-18(52-54)28(4,30)24(50-14)42-12-34-16-20(42)38-26(32)40-22(16)46-6-2/h11-14,17-18,23-24H,5-10H2,1-4H3,(H,35,43)(H,36,44)(H2,31,37,39)(H2,32,38,40)/t13-,14-,17-,18-,23-,24-,27-,28-,53?,54?/m1/s1. The molecule has 8 heterocycles. The van der Waals surface area contributed by atoms with Gasteiger partial charge in [-0.15, -0.1) is 0 Å². The number of anilines is 2. The van der Waals surface area contributed by atoms with Gasteiger partial charge in [0.05, 0.1) is 39.1 Å². The lowest BCUT2D eigenvalue weighted by Gasteiger charge is -2.35. The molecule has 2 unspecified atom stereocenters. The molecular formula is C28H38F2N12O10P2. The molecule has 8 rings (SSSR count). The second-order valence-electron chi connectivity index (χ2n) is 13.1. The van der Waals surface area contributed by atoms with E-state index in [9.17, 15) is 9.13 Å². The molecule has 0 saturated carbocycles. The summed E-state index contributed by atoms with van der Waals surface area (Å²) in [5.74, 6) is 0.0303. The molecule has 0 spiro atoms. The van der Waals surface area contributed by atoms with Gasteiger partial charge >= 0.3 is 15.5 Å². The van der Waals surface area contributed by atoms with Crippen LogP contribution in [0.4, 0.5) is 20.7 Å². The smallest absolute Gasteiger partial charge is 0.406 e. The van der Waals surface area contributed by atoms with Crippen LogP contribution in [0.2, 0.25) is 0 Å². The molecule has 0 aliphatic carbocycles. The number of nitrogen functional groups attached to an aromatic ring is 2. The summed E-state index contributed by atoms with van der Waals surface area (Å²) in [6.07, 6.45) is -4.59. The van der Waals surface area contributed by atoms with Crippen molar-refractivity contribution >= 4 is 49.7 Å². The van der Waals surface area contributed by atoms with Crippen molar-refractivity contribution in [3.8, 4) is 11.8 Å². The molecule has 4 aromatic rings. The van der Waals surface area contributed by atoms with E-state index < -0.39 is 63.7 Å². The van der Waals surface area contributed by atoms with Gasteiger partial charge in [0.2, 0.25) is 23.7 Å². The molecule has 4 aliphatic heterocycles. The van der Waals surface area contributed by atoms with Gasteiger partial charge in [0.25, 0.3) is 0 Å². The molecule has 4 saturated heterocycles. The maximum atomic E-state index is 16.6. The Morgan fingerprint density at radius 2 is 1.19 bits per heavy atom. The third-order valence-corrected chi connectivity index (χ3v) is 12.5. The first-order valence-corrected chi connectivity index (χ1v) is 20.1. The molecule has 294 valence electrons. The van der Waals surface area contributed by atoms with Crippen LogP contribution >= 0.6 is 15.5 Å². The number of nitrogens with one attached hydrogen (secondary N) is 2. The van der Waals surface area contributed by atoms with E-state index in [1.54, 1.807) is 13.8 Å². The van der Waals surface area contributed by atoms with Gasteiger partial charge in [0, 0.05) is 13.1 Å². The number of fused-ring (bicyclic) bond motifs is 4. The van der Waals surface area contributed by atoms with Gasteiger partial charge in [-0.05, 0) is 27.7 Å². The zero-order valence-electron chi connectivity index (χ0n) is 29.3. The number of aromatic nitrogens is 8. The second kappa shape index (κ2) is 13.5. The normalized spacial score (nSPS) is 36.4. The summed E-state index contributed by atoms with van der Waals surface area (Å²) in [7, 11) is -8.25. The first kappa shape index (κ1) is 37.2. The number of hydrogen-bond donors (Lipinski definition) is 4. The van der Waals surface area contributed by atoms with E-state index in [-0.39, 0.29) is 85.5 Å². The zero-order valence-corrected chi connectivity index (χ0v) is 31.1. The Morgan fingerprint density at radius 3 is 1.57 bits per heavy atom. The number of hydrogen-bond acceptors (Lipinski definition) is 18. The predicted molar refractivity (Wildman–Crippen MR) is 182 cm³/mol. The quantitative estimate of drug-likeness (QED) is 0.125. The van der Waals surface area contributed by atoms with Crippen LogP contribution in [-0.2, 0) is 36.7 Å². The molecule has 4 aliphatic rings. The van der Waals surface area contributed by atoms with E-state index in [4.69, 9.17) is 48.5 Å². The highest BCUT2D eigenvalue weighted by Gasteiger charge is 2.63. The third kappa shape index (κ3) is 6.27. The van der Waals surface area contributed by atoms with E-state index in [2.05, 4.69) is 40.1 Å². The van der Waals surface area contributed by atoms with Gasteiger partial charge < -0.3 is 30.4 Å². The Labute approximate surface area is 305 Å². The third-order valence-electron chi connectivity index (χ3n) is 9.30. The van der Waals surface area contributed by atoms with E-state index in [1.807, 2.05) is 0 Å². The molecule has 6 N–H and O–H groups in total. The average molecular weight is 803 g/mol. The number of halogens is 2. The van der Waals surface area contributed by atoms with Gasteiger partial charge in [0.1, 0.15) is 24.4 Å². The van der Waals surface area contributed by atoms with E-state index in [0.29, 0.717) is 0 Å². The summed E-state index contributed by atoms with van der Waals surface area (Å²) < 4.78 is 108. The highest BCUT2D eigenvalue weighted by Crippen LogP contribution is 2.58. The lowest BCUT2D eigenvalue weighted by molar-refractivity contribution is -0.0611. The molecule has 0 radical (unpaired) electrons. The van der Waals surface area contributed by atoms with Crippen LogP contribution in [0.5, 0.6) is 11.8 Å².